The molecule has 8 nitrogen and oxygen atoms in total. The van der Waals surface area contributed by atoms with Crippen LogP contribution in [0.4, 0.5) is 9.18 Å². The van der Waals surface area contributed by atoms with Crippen LogP contribution in [-0.2, 0) is 22.6 Å². The van der Waals surface area contributed by atoms with Crippen molar-refractivity contribution in [2.75, 3.05) is 13.1 Å². The second-order valence-corrected chi connectivity index (χ2v) is 11.0. The summed E-state index contributed by atoms with van der Waals surface area (Å²) < 4.78 is 19.8. The van der Waals surface area contributed by atoms with Gasteiger partial charge < -0.3 is 20.3 Å². The molecule has 2 heterocycles. The lowest BCUT2D eigenvalue weighted by Gasteiger charge is -2.33. The molecule has 2 N–H and O–H groups in total. The molecular formula is C36H33FN4O4. The van der Waals surface area contributed by atoms with E-state index in [0.717, 1.165) is 5.56 Å². The van der Waals surface area contributed by atoms with E-state index < -0.39 is 17.9 Å². The molecule has 9 heteroatoms. The van der Waals surface area contributed by atoms with Crippen molar-refractivity contribution in [3.05, 3.63) is 143 Å². The van der Waals surface area contributed by atoms with Crippen molar-refractivity contribution in [3.63, 3.8) is 0 Å². The highest BCUT2D eigenvalue weighted by Gasteiger charge is 2.46. The molecule has 4 amide bonds. The monoisotopic (exact) mass is 604 g/mol. The first-order chi connectivity index (χ1) is 21.9. The van der Waals surface area contributed by atoms with Crippen LogP contribution in [0.2, 0.25) is 0 Å². The van der Waals surface area contributed by atoms with Crippen LogP contribution in [0.1, 0.15) is 29.7 Å². The van der Waals surface area contributed by atoms with Gasteiger partial charge in [0.2, 0.25) is 5.91 Å². The first kappa shape index (κ1) is 29.6. The van der Waals surface area contributed by atoms with Gasteiger partial charge in [-0.3, -0.25) is 14.5 Å². The molecule has 2 aliphatic heterocycles. The Morgan fingerprint density at radius 2 is 1.60 bits per heavy atom. The van der Waals surface area contributed by atoms with Gasteiger partial charge >= 0.3 is 6.03 Å². The Labute approximate surface area is 261 Å². The third-order valence-electron chi connectivity index (χ3n) is 8.04. The summed E-state index contributed by atoms with van der Waals surface area (Å²) in [5, 5.41) is 5.91. The molecule has 228 valence electrons. The fourth-order valence-corrected chi connectivity index (χ4v) is 5.87. The van der Waals surface area contributed by atoms with E-state index in [4.69, 9.17) is 4.74 Å². The van der Waals surface area contributed by atoms with Crippen LogP contribution >= 0.6 is 0 Å². The fraction of sp³-hybridized carbons (Fsp3) is 0.194. The number of halogens is 1. The summed E-state index contributed by atoms with van der Waals surface area (Å²) in [6.07, 6.45) is 0.265. The van der Waals surface area contributed by atoms with Gasteiger partial charge in [-0.1, -0.05) is 72.8 Å². The second kappa shape index (κ2) is 13.1. The number of hydrogen-bond donors (Lipinski definition) is 2. The maximum Gasteiger partial charge on any atom is 0.322 e. The quantitative estimate of drug-likeness (QED) is 0.242. The number of para-hydroxylation sites is 1. The summed E-state index contributed by atoms with van der Waals surface area (Å²) in [4.78, 5) is 44.6. The Morgan fingerprint density at radius 1 is 0.911 bits per heavy atom. The molecule has 4 aromatic rings. The first-order valence-electron chi connectivity index (χ1n) is 14.9. The standard InChI is InChI=1S/C36H33FN4O4/c1-2-40-31-23-41(30(20-24-11-5-3-6-12-24)34(42)38-22-25-13-9-15-27(37)19-25)35(43)32(31)33(39-36(40)44)26-14-10-18-29(21-26)45-28-16-7-4-8-17-28/h3-19,21,30,33H,2,20,22-23H2,1H3,(H,38,42)(H,39,44). The van der Waals surface area contributed by atoms with Crippen LogP contribution in [0, 0.1) is 5.82 Å². The van der Waals surface area contributed by atoms with Crippen LogP contribution in [-0.4, -0.2) is 46.8 Å². The van der Waals surface area contributed by atoms with Gasteiger partial charge in [0.05, 0.1) is 23.9 Å². The Hall–Kier alpha value is -5.44. The first-order valence-corrected chi connectivity index (χ1v) is 14.9. The van der Waals surface area contributed by atoms with Crippen LogP contribution in [0.5, 0.6) is 11.5 Å². The normalized spacial score (nSPS) is 16.7. The van der Waals surface area contributed by atoms with E-state index in [1.807, 2.05) is 91.9 Å². The van der Waals surface area contributed by atoms with Gasteiger partial charge in [-0.05, 0) is 60.0 Å². The van der Waals surface area contributed by atoms with Gasteiger partial charge in [-0.2, -0.15) is 0 Å². The van der Waals surface area contributed by atoms with Crippen molar-refractivity contribution in [3.8, 4) is 11.5 Å². The summed E-state index contributed by atoms with van der Waals surface area (Å²) in [6.45, 7) is 2.40. The van der Waals surface area contributed by atoms with E-state index in [9.17, 15) is 18.8 Å². The predicted molar refractivity (Wildman–Crippen MR) is 168 cm³/mol. The van der Waals surface area contributed by atoms with Gasteiger partial charge in [0.15, 0.2) is 0 Å². The molecule has 45 heavy (non-hydrogen) atoms. The van der Waals surface area contributed by atoms with Crippen molar-refractivity contribution >= 4 is 17.8 Å². The van der Waals surface area contributed by atoms with Crippen molar-refractivity contribution in [1.82, 2.24) is 20.4 Å². The minimum absolute atomic E-state index is 0.0943. The van der Waals surface area contributed by atoms with Gasteiger partial charge in [0, 0.05) is 19.5 Å². The number of nitrogens with one attached hydrogen (secondary N) is 2. The van der Waals surface area contributed by atoms with Crippen molar-refractivity contribution in [2.24, 2.45) is 0 Å². The van der Waals surface area contributed by atoms with E-state index in [2.05, 4.69) is 10.6 Å². The topological polar surface area (TPSA) is 91.0 Å². The highest BCUT2D eigenvalue weighted by Crippen LogP contribution is 2.38. The molecule has 2 unspecified atom stereocenters. The Kier molecular flexibility index (Phi) is 8.59. The lowest BCUT2D eigenvalue weighted by Crippen LogP contribution is -2.49. The number of rotatable bonds is 10. The zero-order valence-electron chi connectivity index (χ0n) is 24.8. The van der Waals surface area contributed by atoms with Gasteiger partial charge in [0.1, 0.15) is 23.4 Å². The number of carbonyl (C=O) groups excluding carboxylic acids is 3. The average Bonchev–Trinajstić information content (AvgIpc) is 3.39. The molecule has 2 atom stereocenters. The molecule has 0 aliphatic carbocycles. The van der Waals surface area contributed by atoms with E-state index in [1.165, 1.54) is 12.1 Å². The van der Waals surface area contributed by atoms with Crippen LogP contribution < -0.4 is 15.4 Å². The summed E-state index contributed by atoms with van der Waals surface area (Å²) in [6, 6.07) is 30.2. The minimum atomic E-state index is -0.874. The average molecular weight is 605 g/mol. The summed E-state index contributed by atoms with van der Waals surface area (Å²) in [5.74, 6) is 0.137. The summed E-state index contributed by atoms with van der Waals surface area (Å²) >= 11 is 0. The zero-order valence-corrected chi connectivity index (χ0v) is 24.8. The zero-order chi connectivity index (χ0) is 31.3. The summed E-state index contributed by atoms with van der Waals surface area (Å²) in [7, 11) is 0. The predicted octanol–water partition coefficient (Wildman–Crippen LogP) is 5.73. The second-order valence-electron chi connectivity index (χ2n) is 11.0. The third kappa shape index (κ3) is 6.43. The Balaban J connectivity index is 1.31. The molecule has 0 spiro atoms. The Morgan fingerprint density at radius 3 is 2.33 bits per heavy atom. The smallest absolute Gasteiger partial charge is 0.322 e. The lowest BCUT2D eigenvalue weighted by molar-refractivity contribution is -0.136. The fourth-order valence-electron chi connectivity index (χ4n) is 5.87. The van der Waals surface area contributed by atoms with E-state index in [0.29, 0.717) is 40.4 Å². The number of likely N-dealkylation sites (N-methyl/N-ethyl adjacent to an activating group) is 1. The van der Waals surface area contributed by atoms with Crippen LogP contribution in [0.25, 0.3) is 0 Å². The number of hydrogen-bond acceptors (Lipinski definition) is 4. The van der Waals surface area contributed by atoms with Gasteiger partial charge in [-0.25, -0.2) is 9.18 Å². The number of ether oxygens (including phenoxy) is 1. The molecule has 0 radical (unpaired) electrons. The lowest BCUT2D eigenvalue weighted by atomic mass is 9.95. The van der Waals surface area contributed by atoms with Crippen molar-refractivity contribution < 1.29 is 23.5 Å². The van der Waals surface area contributed by atoms with E-state index in [1.54, 1.807) is 21.9 Å². The highest BCUT2D eigenvalue weighted by atomic mass is 19.1. The molecule has 4 aromatic carbocycles. The number of urea groups is 1. The molecule has 0 fully saturated rings. The maximum atomic E-state index is 14.4. The van der Waals surface area contributed by atoms with E-state index >= 15 is 0 Å². The van der Waals surface area contributed by atoms with Crippen molar-refractivity contribution in [1.29, 1.82) is 0 Å². The summed E-state index contributed by atoms with van der Waals surface area (Å²) in [5.41, 5.74) is 3.16. The van der Waals surface area contributed by atoms with Gasteiger partial charge in [0.25, 0.3) is 5.91 Å². The minimum Gasteiger partial charge on any atom is -0.457 e. The van der Waals surface area contributed by atoms with Gasteiger partial charge in [-0.15, -0.1) is 0 Å². The highest BCUT2D eigenvalue weighted by molar-refractivity contribution is 6.03. The van der Waals surface area contributed by atoms with Crippen LogP contribution in [0.15, 0.2) is 120 Å². The molecule has 0 aromatic heterocycles. The third-order valence-corrected chi connectivity index (χ3v) is 8.04. The molecule has 0 saturated heterocycles. The SMILES string of the molecule is CCN1C(=O)NC(c2cccc(Oc3ccccc3)c2)C2=C1CN(C(Cc1ccccc1)C(=O)NCc1cccc(F)c1)C2=O. The maximum absolute atomic E-state index is 14.4. The number of carbonyl (C=O) groups is 3. The van der Waals surface area contributed by atoms with Crippen LogP contribution in [0.3, 0.4) is 0 Å². The molecule has 0 saturated carbocycles. The number of nitrogens with zero attached hydrogens (tertiary/aromatic N) is 2. The molecule has 2 aliphatic rings. The molecule has 0 bridgehead atoms. The van der Waals surface area contributed by atoms with E-state index in [-0.39, 0.29) is 37.4 Å². The molecule has 6 rings (SSSR count). The molecular weight excluding hydrogens is 571 g/mol. The Bertz CT molecular complexity index is 1740. The number of benzene rings is 4. The largest absolute Gasteiger partial charge is 0.457 e. The van der Waals surface area contributed by atoms with Crippen molar-refractivity contribution in [2.45, 2.75) is 32.0 Å². The number of amides is 4.